The van der Waals surface area contributed by atoms with Crippen molar-refractivity contribution in [1.82, 2.24) is 0 Å². The van der Waals surface area contributed by atoms with Crippen LogP contribution in [-0.2, 0) is 9.59 Å². The third kappa shape index (κ3) is 3.75. The van der Waals surface area contributed by atoms with E-state index in [1.54, 1.807) is 36.4 Å². The van der Waals surface area contributed by atoms with E-state index in [0.717, 1.165) is 0 Å². The van der Waals surface area contributed by atoms with Gasteiger partial charge in [-0.2, -0.15) is 0 Å². The number of carbonyl (C=O) groups is 3. The van der Waals surface area contributed by atoms with Crippen molar-refractivity contribution in [2.75, 3.05) is 29.7 Å². The number of nitrogens with one attached hydrogen (secondary N) is 3. The Hall–Kier alpha value is -3.55. The van der Waals surface area contributed by atoms with E-state index in [2.05, 4.69) is 16.0 Å². The van der Waals surface area contributed by atoms with Gasteiger partial charge in [-0.15, -0.1) is 0 Å². The topological polar surface area (TPSA) is 106 Å². The fourth-order valence-electron chi connectivity index (χ4n) is 2.46. The predicted octanol–water partition coefficient (Wildman–Crippen LogP) is 2.24. The average Bonchev–Trinajstić information content (AvgIpc) is 2.62. The first kappa shape index (κ1) is 17.3. The number of hydrogen-bond acceptors (Lipinski definition) is 5. The van der Waals surface area contributed by atoms with E-state index in [1.807, 2.05) is 0 Å². The third-order valence-corrected chi connectivity index (χ3v) is 3.66. The smallest absolute Gasteiger partial charge is 0.262 e. The molecule has 3 N–H and O–H groups in total. The van der Waals surface area contributed by atoms with Crippen molar-refractivity contribution >= 4 is 34.8 Å². The van der Waals surface area contributed by atoms with Gasteiger partial charge in [0.05, 0.1) is 24.2 Å². The lowest BCUT2D eigenvalue weighted by Crippen LogP contribution is -2.25. The summed E-state index contributed by atoms with van der Waals surface area (Å²) in [5, 5.41) is 8.06. The summed E-state index contributed by atoms with van der Waals surface area (Å²) < 4.78 is 10.5. The summed E-state index contributed by atoms with van der Waals surface area (Å²) in [5.41, 5.74) is 1.71. The van der Waals surface area contributed by atoms with Crippen molar-refractivity contribution in [2.24, 2.45) is 0 Å². The highest BCUT2D eigenvalue weighted by Gasteiger charge is 2.18. The molecule has 1 aliphatic rings. The van der Waals surface area contributed by atoms with E-state index < -0.39 is 5.91 Å². The van der Waals surface area contributed by atoms with Gasteiger partial charge in [0.25, 0.3) is 11.8 Å². The minimum Gasteiger partial charge on any atom is -0.497 e. The van der Waals surface area contributed by atoms with Gasteiger partial charge in [-0.3, -0.25) is 14.4 Å². The molecule has 0 bridgehead atoms. The quantitative estimate of drug-likeness (QED) is 0.780. The molecule has 0 saturated carbocycles. The van der Waals surface area contributed by atoms with Crippen molar-refractivity contribution in [2.45, 2.75) is 6.92 Å². The number of anilines is 3. The molecule has 0 atom stereocenters. The Kier molecular flexibility index (Phi) is 4.74. The van der Waals surface area contributed by atoms with Crippen LogP contribution in [0.2, 0.25) is 0 Å². The van der Waals surface area contributed by atoms with Gasteiger partial charge in [0, 0.05) is 18.6 Å². The summed E-state index contributed by atoms with van der Waals surface area (Å²) in [7, 11) is 1.51. The second-order valence-corrected chi connectivity index (χ2v) is 5.59. The Morgan fingerprint density at radius 3 is 2.65 bits per heavy atom. The molecule has 8 heteroatoms. The van der Waals surface area contributed by atoms with Crippen LogP contribution < -0.4 is 25.4 Å². The number of ether oxygens (including phenoxy) is 2. The summed E-state index contributed by atoms with van der Waals surface area (Å²) in [4.78, 5) is 35.3. The van der Waals surface area contributed by atoms with E-state index in [0.29, 0.717) is 34.1 Å². The van der Waals surface area contributed by atoms with Crippen LogP contribution in [0.5, 0.6) is 11.5 Å². The normalized spacial score (nSPS) is 12.3. The maximum atomic E-state index is 12.6. The highest BCUT2D eigenvalue weighted by atomic mass is 16.5. The molecule has 3 rings (SSSR count). The summed E-state index contributed by atoms with van der Waals surface area (Å²) in [5.74, 6) is 0.0543. The Labute approximate surface area is 149 Å². The van der Waals surface area contributed by atoms with E-state index in [1.165, 1.54) is 14.0 Å². The van der Waals surface area contributed by atoms with Crippen molar-refractivity contribution in [3.63, 3.8) is 0 Å². The molecule has 0 fully saturated rings. The minimum atomic E-state index is -0.395. The molecule has 3 amide bonds. The summed E-state index contributed by atoms with van der Waals surface area (Å²) in [6, 6.07) is 9.64. The van der Waals surface area contributed by atoms with Gasteiger partial charge in [0.15, 0.2) is 6.61 Å². The highest BCUT2D eigenvalue weighted by molar-refractivity contribution is 6.08. The number of fused-ring (bicyclic) bond motifs is 1. The summed E-state index contributed by atoms with van der Waals surface area (Å²) in [6.07, 6.45) is 0. The van der Waals surface area contributed by atoms with Crippen molar-refractivity contribution < 1.29 is 23.9 Å². The zero-order chi connectivity index (χ0) is 18.7. The lowest BCUT2D eigenvalue weighted by atomic mass is 10.1. The van der Waals surface area contributed by atoms with E-state index in [9.17, 15) is 14.4 Å². The van der Waals surface area contributed by atoms with Crippen LogP contribution in [0.4, 0.5) is 17.1 Å². The molecule has 26 heavy (non-hydrogen) atoms. The largest absolute Gasteiger partial charge is 0.497 e. The molecular weight excluding hydrogens is 338 g/mol. The third-order valence-electron chi connectivity index (χ3n) is 3.66. The van der Waals surface area contributed by atoms with Crippen molar-refractivity contribution in [1.29, 1.82) is 0 Å². The van der Waals surface area contributed by atoms with Crippen LogP contribution in [0.15, 0.2) is 36.4 Å². The lowest BCUT2D eigenvalue weighted by Gasteiger charge is -2.18. The molecule has 2 aromatic rings. The first-order valence-electron chi connectivity index (χ1n) is 7.80. The molecule has 0 radical (unpaired) electrons. The predicted molar refractivity (Wildman–Crippen MR) is 95.8 cm³/mol. The molecule has 0 unspecified atom stereocenters. The maximum absolute atomic E-state index is 12.6. The number of methoxy groups -OCH3 is 1. The van der Waals surface area contributed by atoms with E-state index in [4.69, 9.17) is 9.47 Å². The Morgan fingerprint density at radius 1 is 1.12 bits per heavy atom. The molecule has 0 saturated heterocycles. The van der Waals surface area contributed by atoms with Crippen LogP contribution in [-0.4, -0.2) is 31.4 Å². The van der Waals surface area contributed by atoms with Crippen LogP contribution in [0.1, 0.15) is 17.3 Å². The van der Waals surface area contributed by atoms with Gasteiger partial charge < -0.3 is 25.4 Å². The van der Waals surface area contributed by atoms with Crippen LogP contribution >= 0.6 is 0 Å². The number of amides is 3. The fraction of sp³-hybridized carbons (Fsp3) is 0.167. The van der Waals surface area contributed by atoms with E-state index in [-0.39, 0.29) is 18.4 Å². The molecule has 0 aliphatic carbocycles. The average molecular weight is 355 g/mol. The number of rotatable bonds is 4. The van der Waals surface area contributed by atoms with Gasteiger partial charge in [-0.05, 0) is 30.3 Å². The second-order valence-electron chi connectivity index (χ2n) is 5.59. The zero-order valence-corrected chi connectivity index (χ0v) is 14.2. The first-order chi connectivity index (χ1) is 12.5. The van der Waals surface area contributed by atoms with Gasteiger partial charge in [0.1, 0.15) is 11.5 Å². The number of hydrogen-bond donors (Lipinski definition) is 3. The second kappa shape index (κ2) is 7.14. The molecule has 8 nitrogen and oxygen atoms in total. The maximum Gasteiger partial charge on any atom is 0.262 e. The van der Waals surface area contributed by atoms with Crippen molar-refractivity contribution in [3.8, 4) is 11.5 Å². The summed E-state index contributed by atoms with van der Waals surface area (Å²) in [6.45, 7) is 1.28. The number of benzene rings is 2. The van der Waals surface area contributed by atoms with Crippen LogP contribution in [0, 0.1) is 0 Å². The van der Waals surface area contributed by atoms with Gasteiger partial charge in [-0.25, -0.2) is 0 Å². The van der Waals surface area contributed by atoms with Crippen molar-refractivity contribution in [3.05, 3.63) is 42.0 Å². The number of carbonyl (C=O) groups excluding carboxylic acids is 3. The molecule has 0 aromatic heterocycles. The van der Waals surface area contributed by atoms with Crippen LogP contribution in [0.3, 0.4) is 0 Å². The Morgan fingerprint density at radius 2 is 1.92 bits per heavy atom. The SMILES string of the molecule is COc1ccc(NC(C)=O)c(NC(=O)c2ccc3c(c2)OCC(=O)N3)c1. The highest BCUT2D eigenvalue weighted by Crippen LogP contribution is 2.30. The molecule has 0 spiro atoms. The molecule has 2 aromatic carbocycles. The summed E-state index contributed by atoms with van der Waals surface area (Å²) >= 11 is 0. The molecule has 1 aliphatic heterocycles. The van der Waals surface area contributed by atoms with E-state index >= 15 is 0 Å². The standard InChI is InChI=1S/C18H17N3O5/c1-10(22)19-13-6-4-12(25-2)8-15(13)21-18(24)11-3-5-14-16(7-11)26-9-17(23)20-14/h3-8H,9H2,1-2H3,(H,19,22)(H,20,23)(H,21,24). The monoisotopic (exact) mass is 355 g/mol. The van der Waals surface area contributed by atoms with Gasteiger partial charge >= 0.3 is 0 Å². The van der Waals surface area contributed by atoms with Gasteiger partial charge in [-0.1, -0.05) is 0 Å². The van der Waals surface area contributed by atoms with Gasteiger partial charge in [0.2, 0.25) is 5.91 Å². The molecular formula is C18H17N3O5. The Bertz CT molecular complexity index is 894. The first-order valence-corrected chi connectivity index (χ1v) is 7.80. The van der Waals surface area contributed by atoms with Crippen LogP contribution in [0.25, 0.3) is 0 Å². The minimum absolute atomic E-state index is 0.0966. The lowest BCUT2D eigenvalue weighted by molar-refractivity contribution is -0.118. The molecule has 134 valence electrons. The zero-order valence-electron chi connectivity index (χ0n) is 14.2. The fourth-order valence-corrected chi connectivity index (χ4v) is 2.46. The Balaban J connectivity index is 1.85. The molecule has 1 heterocycles.